The van der Waals surface area contributed by atoms with Crippen LogP contribution in [-0.4, -0.2) is 24.9 Å². The van der Waals surface area contributed by atoms with Gasteiger partial charge >= 0.3 is 5.97 Å². The van der Waals surface area contributed by atoms with Crippen molar-refractivity contribution in [3.8, 4) is 11.1 Å². The quantitative estimate of drug-likeness (QED) is 0.672. The molecular formula is C17H17FN2O3. The van der Waals surface area contributed by atoms with Crippen molar-refractivity contribution in [2.45, 2.75) is 13.0 Å². The summed E-state index contributed by atoms with van der Waals surface area (Å²) in [5.74, 6) is -0.444. The lowest BCUT2D eigenvalue weighted by molar-refractivity contribution is 0.0601. The summed E-state index contributed by atoms with van der Waals surface area (Å²) >= 11 is 0. The highest BCUT2D eigenvalue weighted by atomic mass is 19.2. The van der Waals surface area contributed by atoms with Gasteiger partial charge in [0.25, 0.3) is 0 Å². The largest absolute Gasteiger partial charge is 0.465 e. The first-order valence-corrected chi connectivity index (χ1v) is 7.24. The molecule has 1 aliphatic rings. The number of nitrogens with zero attached hydrogens (tertiary/aromatic N) is 1. The number of aliphatic hydroxyl groups excluding tert-OH is 1. The Kier molecular flexibility index (Phi) is 3.92. The van der Waals surface area contributed by atoms with Gasteiger partial charge in [0, 0.05) is 5.56 Å². The van der Waals surface area contributed by atoms with Gasteiger partial charge in [-0.15, -0.1) is 0 Å². The van der Waals surface area contributed by atoms with Crippen LogP contribution in [0.4, 0.5) is 15.9 Å². The van der Waals surface area contributed by atoms with Crippen LogP contribution in [0.2, 0.25) is 0 Å². The van der Waals surface area contributed by atoms with E-state index in [4.69, 9.17) is 4.74 Å². The normalized spacial score (nSPS) is 14.2. The molecule has 6 heteroatoms. The van der Waals surface area contributed by atoms with Crippen molar-refractivity contribution in [3.05, 3.63) is 47.5 Å². The minimum atomic E-state index is -0.861. The molecule has 0 aromatic heterocycles. The summed E-state index contributed by atoms with van der Waals surface area (Å²) < 4.78 is 18.8. The number of hydrogen-bond acceptors (Lipinski definition) is 5. The van der Waals surface area contributed by atoms with Crippen LogP contribution >= 0.6 is 0 Å². The number of nitrogens with one attached hydrogen (secondary N) is 1. The Labute approximate surface area is 133 Å². The molecule has 1 atom stereocenters. The zero-order valence-corrected chi connectivity index (χ0v) is 12.8. The highest BCUT2D eigenvalue weighted by Gasteiger charge is 2.27. The summed E-state index contributed by atoms with van der Waals surface area (Å²) in [6.45, 7) is 1.64. The molecule has 1 aliphatic heterocycles. The van der Waals surface area contributed by atoms with Gasteiger partial charge in [-0.3, -0.25) is 0 Å². The third-order valence-electron chi connectivity index (χ3n) is 3.88. The fraction of sp³-hybridized carbons (Fsp3) is 0.235. The predicted octanol–water partition coefficient (Wildman–Crippen LogP) is 3.27. The number of hydrogen-bond donors (Lipinski definition) is 2. The van der Waals surface area contributed by atoms with E-state index in [0.29, 0.717) is 38.8 Å². The molecule has 0 radical (unpaired) electrons. The molecule has 0 aliphatic carbocycles. The highest BCUT2D eigenvalue weighted by Crippen LogP contribution is 2.43. The second-order valence-electron chi connectivity index (χ2n) is 5.37. The molecule has 23 heavy (non-hydrogen) atoms. The highest BCUT2D eigenvalue weighted by molar-refractivity contribution is 5.92. The standard InChI is InChI=1S/C17H17FN2O3/c1-10(21)15-13(6-7-14-16(15)20(18)9-19-14)11-4-3-5-12(8-11)17(22)23-2/h3-8,10,19,21H,9H2,1-2H3. The van der Waals surface area contributed by atoms with Gasteiger partial charge in [0.15, 0.2) is 0 Å². The van der Waals surface area contributed by atoms with Gasteiger partial charge in [0.2, 0.25) is 0 Å². The lowest BCUT2D eigenvalue weighted by Crippen LogP contribution is -2.13. The third-order valence-corrected chi connectivity index (χ3v) is 3.88. The lowest BCUT2D eigenvalue weighted by atomic mass is 9.93. The molecule has 2 aromatic carbocycles. The second kappa shape index (κ2) is 5.89. The summed E-state index contributed by atoms with van der Waals surface area (Å²) in [6.07, 6.45) is -0.861. The molecule has 120 valence electrons. The SMILES string of the molecule is COC(=O)c1cccc(-c2ccc3c(c2C(C)O)N(F)CN3)c1. The van der Waals surface area contributed by atoms with Crippen molar-refractivity contribution in [3.63, 3.8) is 0 Å². The molecule has 1 unspecified atom stereocenters. The Bertz CT molecular complexity index is 761. The monoisotopic (exact) mass is 316 g/mol. The Balaban J connectivity index is 2.18. The topological polar surface area (TPSA) is 61.8 Å². The number of esters is 1. The number of methoxy groups -OCH3 is 1. The number of benzene rings is 2. The first-order chi connectivity index (χ1) is 11.0. The molecule has 3 rings (SSSR count). The summed E-state index contributed by atoms with van der Waals surface area (Å²) in [5.41, 5.74) is 3.24. The van der Waals surface area contributed by atoms with Crippen molar-refractivity contribution in [1.82, 2.24) is 0 Å². The first-order valence-electron chi connectivity index (χ1n) is 7.24. The van der Waals surface area contributed by atoms with Gasteiger partial charge < -0.3 is 15.2 Å². The minimum Gasteiger partial charge on any atom is -0.465 e. The molecule has 2 aromatic rings. The van der Waals surface area contributed by atoms with Gasteiger partial charge in [-0.25, -0.2) is 4.79 Å². The maximum atomic E-state index is 14.1. The van der Waals surface area contributed by atoms with E-state index in [1.54, 1.807) is 31.2 Å². The van der Waals surface area contributed by atoms with Crippen LogP contribution in [-0.2, 0) is 4.74 Å². The van der Waals surface area contributed by atoms with E-state index in [9.17, 15) is 14.4 Å². The Hall–Kier alpha value is -2.60. The van der Waals surface area contributed by atoms with Crippen LogP contribution in [0.5, 0.6) is 0 Å². The third kappa shape index (κ3) is 2.61. The zero-order chi connectivity index (χ0) is 16.6. The van der Waals surface area contributed by atoms with Crippen LogP contribution in [0, 0.1) is 0 Å². The summed E-state index contributed by atoms with van der Waals surface area (Å²) in [6, 6.07) is 10.4. The summed E-state index contributed by atoms with van der Waals surface area (Å²) in [5, 5.41) is 13.7. The number of anilines is 2. The predicted molar refractivity (Wildman–Crippen MR) is 85.9 cm³/mol. The first kappa shape index (κ1) is 15.3. The van der Waals surface area contributed by atoms with Crippen molar-refractivity contribution in [2.24, 2.45) is 0 Å². The number of rotatable bonds is 3. The summed E-state index contributed by atoms with van der Waals surface area (Å²) in [7, 11) is 1.32. The number of fused-ring (bicyclic) bond motifs is 1. The average Bonchev–Trinajstić information content (AvgIpc) is 2.94. The van der Waals surface area contributed by atoms with Crippen LogP contribution in [0.1, 0.15) is 28.9 Å². The fourth-order valence-electron chi connectivity index (χ4n) is 2.85. The van der Waals surface area contributed by atoms with Gasteiger partial charge in [-0.1, -0.05) is 22.7 Å². The molecule has 0 amide bonds. The molecule has 5 nitrogen and oxygen atoms in total. The molecule has 0 saturated heterocycles. The number of carbonyl (C=O) groups excluding carboxylic acids is 1. The van der Waals surface area contributed by atoms with Gasteiger partial charge in [0.1, 0.15) is 12.4 Å². The molecule has 0 fully saturated rings. The Morgan fingerprint density at radius 1 is 1.39 bits per heavy atom. The average molecular weight is 316 g/mol. The number of carbonyl (C=O) groups is 1. The Morgan fingerprint density at radius 3 is 2.87 bits per heavy atom. The number of halogens is 1. The van der Waals surface area contributed by atoms with Crippen molar-refractivity contribution < 1.29 is 19.1 Å². The van der Waals surface area contributed by atoms with E-state index in [1.165, 1.54) is 7.11 Å². The zero-order valence-electron chi connectivity index (χ0n) is 12.8. The van der Waals surface area contributed by atoms with E-state index in [1.807, 2.05) is 12.1 Å². The van der Waals surface area contributed by atoms with E-state index in [0.717, 1.165) is 0 Å². The number of ether oxygens (including phenoxy) is 1. The fourth-order valence-corrected chi connectivity index (χ4v) is 2.85. The van der Waals surface area contributed by atoms with Crippen molar-refractivity contribution in [1.29, 1.82) is 0 Å². The molecule has 1 heterocycles. The Morgan fingerprint density at radius 2 is 2.17 bits per heavy atom. The van der Waals surface area contributed by atoms with Crippen LogP contribution in [0.15, 0.2) is 36.4 Å². The molecule has 0 saturated carbocycles. The maximum absolute atomic E-state index is 14.1. The minimum absolute atomic E-state index is 0.0424. The van der Waals surface area contributed by atoms with Crippen molar-refractivity contribution in [2.75, 3.05) is 24.2 Å². The van der Waals surface area contributed by atoms with Crippen molar-refractivity contribution >= 4 is 17.3 Å². The smallest absolute Gasteiger partial charge is 0.337 e. The van der Waals surface area contributed by atoms with Gasteiger partial charge in [-0.2, -0.15) is 5.12 Å². The molecular weight excluding hydrogens is 299 g/mol. The lowest BCUT2D eigenvalue weighted by Gasteiger charge is -2.18. The number of aliphatic hydroxyl groups is 1. The van der Waals surface area contributed by atoms with E-state index in [2.05, 4.69) is 5.32 Å². The molecule has 0 bridgehead atoms. The van der Waals surface area contributed by atoms with Crippen LogP contribution in [0.3, 0.4) is 0 Å². The van der Waals surface area contributed by atoms with Crippen LogP contribution < -0.4 is 10.4 Å². The molecule has 0 spiro atoms. The molecule has 2 N–H and O–H groups in total. The second-order valence-corrected chi connectivity index (χ2v) is 5.37. The van der Waals surface area contributed by atoms with Gasteiger partial charge in [0.05, 0.1) is 24.5 Å². The maximum Gasteiger partial charge on any atom is 0.337 e. The van der Waals surface area contributed by atoms with E-state index < -0.39 is 12.1 Å². The summed E-state index contributed by atoms with van der Waals surface area (Å²) in [4.78, 5) is 11.7. The van der Waals surface area contributed by atoms with E-state index >= 15 is 0 Å². The van der Waals surface area contributed by atoms with Gasteiger partial charge in [-0.05, 0) is 36.2 Å². The van der Waals surface area contributed by atoms with E-state index in [-0.39, 0.29) is 6.67 Å². The van der Waals surface area contributed by atoms with Crippen LogP contribution in [0.25, 0.3) is 11.1 Å².